The third-order valence-corrected chi connectivity index (χ3v) is 3.75. The summed E-state index contributed by atoms with van der Waals surface area (Å²) in [6.07, 6.45) is 5.38. The number of hydrazone groups is 1. The molecule has 0 atom stereocenters. The Bertz CT molecular complexity index is 547. The normalized spacial score (nSPS) is 15.0. The van der Waals surface area contributed by atoms with E-state index in [0.717, 1.165) is 24.1 Å². The number of nitrogens with zero attached hydrogens (tertiary/aromatic N) is 1. The second-order valence-electron chi connectivity index (χ2n) is 3.97. The van der Waals surface area contributed by atoms with Gasteiger partial charge in [-0.25, -0.2) is 4.83 Å². The van der Waals surface area contributed by atoms with E-state index in [1.165, 1.54) is 0 Å². The van der Waals surface area contributed by atoms with Crippen LogP contribution in [0.4, 0.5) is 0 Å². The fraction of sp³-hybridized carbons (Fsp3) is 0.250. The van der Waals surface area contributed by atoms with Crippen molar-refractivity contribution in [3.63, 3.8) is 0 Å². The minimum absolute atomic E-state index is 0.235. The first-order chi connectivity index (χ1) is 8.08. The Balaban J connectivity index is 2.14. The zero-order chi connectivity index (χ0) is 12.3. The molecule has 90 valence electrons. The summed E-state index contributed by atoms with van der Waals surface area (Å²) in [5.41, 5.74) is 1.86. The Labute approximate surface area is 101 Å². The maximum atomic E-state index is 11.9. The van der Waals surface area contributed by atoms with Crippen molar-refractivity contribution in [2.45, 2.75) is 24.7 Å². The number of aryl methyl sites for hydroxylation is 1. The average Bonchev–Trinajstić information content (AvgIpc) is 2.80. The summed E-state index contributed by atoms with van der Waals surface area (Å²) in [6.45, 7) is 1.91. The first-order valence-corrected chi connectivity index (χ1v) is 6.85. The third-order valence-electron chi connectivity index (χ3n) is 2.53. The molecule has 0 saturated carbocycles. The van der Waals surface area contributed by atoms with Gasteiger partial charge in [0.1, 0.15) is 0 Å². The molecule has 0 radical (unpaired) electrons. The molecule has 1 N–H and O–H groups in total. The van der Waals surface area contributed by atoms with E-state index in [1.807, 2.05) is 19.1 Å². The van der Waals surface area contributed by atoms with Crippen LogP contribution in [0.3, 0.4) is 0 Å². The lowest BCUT2D eigenvalue weighted by Gasteiger charge is -2.04. The molecule has 4 nitrogen and oxygen atoms in total. The van der Waals surface area contributed by atoms with Crippen molar-refractivity contribution in [2.24, 2.45) is 5.10 Å². The highest BCUT2D eigenvalue weighted by molar-refractivity contribution is 7.89. The zero-order valence-electron chi connectivity index (χ0n) is 9.55. The predicted octanol–water partition coefficient (Wildman–Crippen LogP) is 1.98. The van der Waals surface area contributed by atoms with Gasteiger partial charge in [-0.15, -0.1) is 0 Å². The van der Waals surface area contributed by atoms with E-state index in [-0.39, 0.29) is 4.90 Å². The molecule has 1 aromatic rings. The molecule has 1 aliphatic carbocycles. The van der Waals surface area contributed by atoms with Gasteiger partial charge >= 0.3 is 0 Å². The van der Waals surface area contributed by atoms with Crippen LogP contribution < -0.4 is 4.83 Å². The van der Waals surface area contributed by atoms with E-state index in [0.29, 0.717) is 0 Å². The number of hydrogen-bond acceptors (Lipinski definition) is 3. The monoisotopic (exact) mass is 250 g/mol. The minimum Gasteiger partial charge on any atom is -0.200 e. The van der Waals surface area contributed by atoms with Gasteiger partial charge in [-0.1, -0.05) is 29.8 Å². The van der Waals surface area contributed by atoms with Crippen LogP contribution in [0.1, 0.15) is 18.4 Å². The highest BCUT2D eigenvalue weighted by Gasteiger charge is 2.13. The van der Waals surface area contributed by atoms with Gasteiger partial charge in [-0.2, -0.15) is 13.5 Å². The summed E-state index contributed by atoms with van der Waals surface area (Å²) in [5.74, 6) is 0. The second-order valence-corrected chi connectivity index (χ2v) is 5.63. The minimum atomic E-state index is -3.53. The van der Waals surface area contributed by atoms with Crippen LogP contribution in [-0.2, 0) is 10.0 Å². The lowest BCUT2D eigenvalue weighted by molar-refractivity contribution is 0.584. The van der Waals surface area contributed by atoms with Gasteiger partial charge in [0.25, 0.3) is 10.0 Å². The van der Waals surface area contributed by atoms with E-state index in [1.54, 1.807) is 24.3 Å². The third kappa shape index (κ3) is 2.94. The van der Waals surface area contributed by atoms with Gasteiger partial charge in [-0.3, -0.25) is 0 Å². The number of rotatable bonds is 3. The maximum absolute atomic E-state index is 11.9. The number of nitrogens with one attached hydrogen (secondary N) is 1. The first kappa shape index (κ1) is 11.9. The molecule has 0 unspecified atom stereocenters. The number of allylic oxidation sites excluding steroid dienone is 2. The summed E-state index contributed by atoms with van der Waals surface area (Å²) >= 11 is 0. The van der Waals surface area contributed by atoms with Crippen LogP contribution in [0.2, 0.25) is 0 Å². The lowest BCUT2D eigenvalue weighted by Crippen LogP contribution is -2.19. The average molecular weight is 250 g/mol. The standard InChI is InChI=1S/C12H14N2O2S/c1-10-6-8-12(9-7-10)17(15,16)14-13-11-4-2-3-5-11/h2-3,6-9,14H,4-5H2,1H3. The molecule has 0 aliphatic heterocycles. The van der Waals surface area contributed by atoms with Gasteiger partial charge in [-0.05, 0) is 19.1 Å². The number of benzene rings is 1. The molecule has 1 aromatic carbocycles. The zero-order valence-corrected chi connectivity index (χ0v) is 10.4. The van der Waals surface area contributed by atoms with Crippen molar-refractivity contribution in [2.75, 3.05) is 0 Å². The smallest absolute Gasteiger partial charge is 0.200 e. The van der Waals surface area contributed by atoms with E-state index >= 15 is 0 Å². The molecule has 17 heavy (non-hydrogen) atoms. The molecule has 2 rings (SSSR count). The Morgan fingerprint density at radius 2 is 1.71 bits per heavy atom. The summed E-state index contributed by atoms with van der Waals surface area (Å²) in [4.78, 5) is 2.49. The van der Waals surface area contributed by atoms with E-state index in [4.69, 9.17) is 0 Å². The Morgan fingerprint density at radius 3 is 2.29 bits per heavy atom. The first-order valence-electron chi connectivity index (χ1n) is 5.37. The Hall–Kier alpha value is -1.62. The second kappa shape index (κ2) is 4.71. The molecule has 0 aromatic heterocycles. The molecule has 0 fully saturated rings. The van der Waals surface area contributed by atoms with Crippen LogP contribution in [-0.4, -0.2) is 14.1 Å². The summed E-state index contributed by atoms with van der Waals surface area (Å²) in [7, 11) is -3.53. The van der Waals surface area contributed by atoms with Crippen molar-refractivity contribution in [3.05, 3.63) is 42.0 Å². The molecule has 0 spiro atoms. The van der Waals surface area contributed by atoms with Gasteiger partial charge in [0.05, 0.1) is 4.90 Å². The molecule has 1 aliphatic rings. The van der Waals surface area contributed by atoms with Crippen LogP contribution in [0.5, 0.6) is 0 Å². The fourth-order valence-corrected chi connectivity index (χ4v) is 2.36. The molecule has 0 bridgehead atoms. The molecule has 0 amide bonds. The topological polar surface area (TPSA) is 58.5 Å². The number of hydrogen-bond donors (Lipinski definition) is 1. The molecule has 5 heteroatoms. The van der Waals surface area contributed by atoms with Crippen LogP contribution in [0.15, 0.2) is 46.4 Å². The summed E-state index contributed by atoms with van der Waals surface area (Å²) in [6, 6.07) is 6.67. The Kier molecular flexibility index (Phi) is 3.28. The quantitative estimate of drug-likeness (QED) is 0.658. The van der Waals surface area contributed by atoms with Gasteiger partial charge in [0, 0.05) is 18.6 Å². The van der Waals surface area contributed by atoms with Crippen molar-refractivity contribution in [3.8, 4) is 0 Å². The molecular formula is C12H14N2O2S. The van der Waals surface area contributed by atoms with Crippen molar-refractivity contribution >= 4 is 15.7 Å². The van der Waals surface area contributed by atoms with Crippen molar-refractivity contribution < 1.29 is 8.42 Å². The maximum Gasteiger partial charge on any atom is 0.276 e. The lowest BCUT2D eigenvalue weighted by atomic mass is 10.2. The Morgan fingerprint density at radius 1 is 1.12 bits per heavy atom. The van der Waals surface area contributed by atoms with Crippen molar-refractivity contribution in [1.29, 1.82) is 0 Å². The van der Waals surface area contributed by atoms with Gasteiger partial charge < -0.3 is 0 Å². The number of sulfonamides is 1. The molecule has 0 saturated heterocycles. The summed E-state index contributed by atoms with van der Waals surface area (Å²) < 4.78 is 23.7. The van der Waals surface area contributed by atoms with Crippen molar-refractivity contribution in [1.82, 2.24) is 4.83 Å². The van der Waals surface area contributed by atoms with E-state index < -0.39 is 10.0 Å². The van der Waals surface area contributed by atoms with Gasteiger partial charge in [0.2, 0.25) is 0 Å². The highest BCUT2D eigenvalue weighted by atomic mass is 32.2. The molecule has 0 heterocycles. The predicted molar refractivity (Wildman–Crippen MR) is 67.3 cm³/mol. The van der Waals surface area contributed by atoms with E-state index in [9.17, 15) is 8.42 Å². The molecular weight excluding hydrogens is 236 g/mol. The van der Waals surface area contributed by atoms with Gasteiger partial charge in [0.15, 0.2) is 0 Å². The van der Waals surface area contributed by atoms with Crippen LogP contribution in [0, 0.1) is 6.92 Å². The fourth-order valence-electron chi connectivity index (χ4n) is 1.51. The largest absolute Gasteiger partial charge is 0.276 e. The van der Waals surface area contributed by atoms with Crippen LogP contribution in [0.25, 0.3) is 0 Å². The summed E-state index contributed by atoms with van der Waals surface area (Å²) in [5, 5.41) is 3.91. The SMILES string of the molecule is Cc1ccc(S(=O)(=O)NN=C2CC=CC2)cc1. The van der Waals surface area contributed by atoms with Crippen LogP contribution >= 0.6 is 0 Å². The highest BCUT2D eigenvalue weighted by Crippen LogP contribution is 2.11. The van der Waals surface area contributed by atoms with E-state index in [2.05, 4.69) is 9.93 Å².